The number of ketones is 1. The van der Waals surface area contributed by atoms with Crippen LogP contribution in [-0.2, 0) is 19.1 Å². The summed E-state index contributed by atoms with van der Waals surface area (Å²) in [7, 11) is 1.71. The molecule has 0 unspecified atom stereocenters. The molecule has 5 rings (SSSR count). The average Bonchev–Trinajstić information content (AvgIpc) is 3.16. The Kier molecular flexibility index (Phi) is 6.20. The van der Waals surface area contributed by atoms with Crippen LogP contribution in [0.3, 0.4) is 0 Å². The number of fused-ring (bicyclic) bond motifs is 5. The number of aliphatic hydroxyl groups is 2. The number of ether oxygens (including phenoxy) is 2. The smallest absolute Gasteiger partial charge is 0.340 e. The first-order valence-corrected chi connectivity index (χ1v) is 13.7. The summed E-state index contributed by atoms with van der Waals surface area (Å²) >= 11 is 0. The Morgan fingerprint density at radius 3 is 2.44 bits per heavy atom. The minimum Gasteiger partial charge on any atom is -0.454 e. The van der Waals surface area contributed by atoms with E-state index < -0.39 is 63.7 Å². The highest BCUT2D eigenvalue weighted by molar-refractivity contribution is 6.00. The van der Waals surface area contributed by atoms with E-state index in [-0.39, 0.29) is 12.4 Å². The number of rotatable bonds is 5. The molecule has 8 atom stereocenters. The molecule has 0 radical (unpaired) electrons. The maximum Gasteiger partial charge on any atom is 0.340 e. The van der Waals surface area contributed by atoms with Crippen LogP contribution in [0.4, 0.5) is 5.69 Å². The van der Waals surface area contributed by atoms with E-state index in [2.05, 4.69) is 5.32 Å². The fourth-order valence-electron chi connectivity index (χ4n) is 8.61. The Morgan fingerprint density at radius 1 is 1.15 bits per heavy atom. The molecule has 0 amide bonds. The molecule has 0 aliphatic heterocycles. The average molecular weight is 538 g/mol. The molecule has 2 fully saturated rings. The van der Waals surface area contributed by atoms with Gasteiger partial charge < -0.3 is 25.0 Å². The summed E-state index contributed by atoms with van der Waals surface area (Å²) in [6, 6.07) is 6.98. The van der Waals surface area contributed by atoms with E-state index in [1.807, 2.05) is 45.9 Å². The minimum absolute atomic E-state index is 0.0471. The number of hydrogen-bond acceptors (Lipinski definition) is 8. The zero-order valence-corrected chi connectivity index (χ0v) is 23.7. The molecule has 2 saturated carbocycles. The van der Waals surface area contributed by atoms with Crippen LogP contribution < -0.4 is 5.32 Å². The van der Waals surface area contributed by atoms with Gasteiger partial charge in [-0.25, -0.2) is 4.79 Å². The van der Waals surface area contributed by atoms with Crippen LogP contribution in [0.1, 0.15) is 58.3 Å². The summed E-state index contributed by atoms with van der Waals surface area (Å²) in [6.45, 7) is 10.5. The number of hydrogen-bond donors (Lipinski definition) is 3. The predicted molar refractivity (Wildman–Crippen MR) is 145 cm³/mol. The van der Waals surface area contributed by atoms with Gasteiger partial charge in [0.1, 0.15) is 6.10 Å². The predicted octanol–water partition coefficient (Wildman–Crippen LogP) is 3.68. The van der Waals surface area contributed by atoms with Gasteiger partial charge in [-0.1, -0.05) is 52.0 Å². The van der Waals surface area contributed by atoms with Crippen LogP contribution in [0.25, 0.3) is 0 Å². The van der Waals surface area contributed by atoms with Crippen molar-refractivity contribution in [3.8, 4) is 0 Å². The topological polar surface area (TPSA) is 122 Å². The lowest BCUT2D eigenvalue weighted by atomic mass is 9.56. The van der Waals surface area contributed by atoms with Crippen LogP contribution in [0, 0.1) is 34.5 Å². The zero-order valence-electron chi connectivity index (χ0n) is 23.7. The van der Waals surface area contributed by atoms with E-state index in [0.29, 0.717) is 28.8 Å². The Labute approximate surface area is 229 Å². The number of Topliss-reactive ketones (excluding diaryl/α,β-unsaturated/α-hetero) is 1. The summed E-state index contributed by atoms with van der Waals surface area (Å²) in [5.74, 6) is -3.55. The largest absolute Gasteiger partial charge is 0.454 e. The number of nitrogens with one attached hydrogen (secondary N) is 1. The highest BCUT2D eigenvalue weighted by atomic mass is 16.6. The second-order valence-electron chi connectivity index (χ2n) is 12.5. The molecule has 39 heavy (non-hydrogen) atoms. The standard InChI is InChI=1S/C31H39NO7/c1-16-12-22-21(25(16)35)13-19(15-33)14-24-29(6)28(4,5)31(29,39-18(3)34)26(17(2)30(22,24)37)38-27(36)20-10-8-9-11-23(20)32-7/h8-12,14,17,21-22,24,26,32-33,37H,13,15H2,1-7H3/t17-,21+,22-,24+,26-,29-,30+,31-/m1/s1. The maximum atomic E-state index is 13.7. The molecule has 4 aliphatic rings. The van der Waals surface area contributed by atoms with E-state index in [4.69, 9.17) is 9.47 Å². The Morgan fingerprint density at radius 2 is 1.82 bits per heavy atom. The second-order valence-corrected chi connectivity index (χ2v) is 12.5. The highest BCUT2D eigenvalue weighted by Gasteiger charge is 2.93. The van der Waals surface area contributed by atoms with Crippen molar-refractivity contribution < 1.29 is 34.1 Å². The highest BCUT2D eigenvalue weighted by Crippen LogP contribution is 2.84. The molecule has 1 aromatic carbocycles. The molecule has 8 nitrogen and oxygen atoms in total. The summed E-state index contributed by atoms with van der Waals surface area (Å²) in [4.78, 5) is 39.6. The quantitative estimate of drug-likeness (QED) is 0.384. The number of benzene rings is 1. The van der Waals surface area contributed by atoms with Gasteiger partial charge in [-0.2, -0.15) is 0 Å². The first-order valence-electron chi connectivity index (χ1n) is 13.7. The molecular weight excluding hydrogens is 498 g/mol. The molecule has 0 aromatic heterocycles. The van der Waals surface area contributed by atoms with E-state index in [0.717, 1.165) is 0 Å². The SMILES string of the molecule is CNc1ccccc1C(=O)O[C@@H]1[C@@H](C)[C@]2(O)[C@@H]3C=C(C)C(=O)[C@H]3CC(CO)=C[C@H]2[C@]2(C)C(C)(C)[C@]12OC(C)=O. The first-order chi connectivity index (χ1) is 18.2. The molecule has 0 bridgehead atoms. The normalized spacial score (nSPS) is 39.7. The van der Waals surface area contributed by atoms with Gasteiger partial charge in [0.05, 0.1) is 17.8 Å². The fourth-order valence-corrected chi connectivity index (χ4v) is 8.61. The number of aliphatic hydroxyl groups excluding tert-OH is 1. The van der Waals surface area contributed by atoms with Gasteiger partial charge in [0.15, 0.2) is 11.4 Å². The van der Waals surface area contributed by atoms with E-state index in [9.17, 15) is 24.6 Å². The fraction of sp³-hybridized carbons (Fsp3) is 0.581. The van der Waals surface area contributed by atoms with Crippen LogP contribution >= 0.6 is 0 Å². The maximum absolute atomic E-state index is 13.7. The molecule has 0 spiro atoms. The Hall–Kier alpha value is -2.97. The Bertz CT molecular complexity index is 1310. The monoisotopic (exact) mass is 537 g/mol. The van der Waals surface area contributed by atoms with Gasteiger partial charge in [-0.3, -0.25) is 9.59 Å². The van der Waals surface area contributed by atoms with Crippen molar-refractivity contribution in [2.45, 2.75) is 65.3 Å². The summed E-state index contributed by atoms with van der Waals surface area (Å²) in [5, 5.41) is 26.2. The zero-order chi connectivity index (χ0) is 28.7. The van der Waals surface area contributed by atoms with Crippen molar-refractivity contribution in [2.75, 3.05) is 19.0 Å². The van der Waals surface area contributed by atoms with Crippen molar-refractivity contribution >= 4 is 23.4 Å². The lowest BCUT2D eigenvalue weighted by Gasteiger charge is -2.54. The van der Waals surface area contributed by atoms with Crippen molar-refractivity contribution in [1.29, 1.82) is 0 Å². The lowest BCUT2D eigenvalue weighted by Crippen LogP contribution is -2.65. The number of allylic oxidation sites excluding steroid dienone is 1. The minimum atomic E-state index is -1.52. The number of carbonyl (C=O) groups is 3. The summed E-state index contributed by atoms with van der Waals surface area (Å²) in [5.41, 5.74) is -2.19. The van der Waals surface area contributed by atoms with Crippen molar-refractivity contribution in [3.63, 3.8) is 0 Å². The van der Waals surface area contributed by atoms with Gasteiger partial charge >= 0.3 is 11.9 Å². The number of carbonyl (C=O) groups excluding carboxylic acids is 3. The summed E-state index contributed by atoms with van der Waals surface area (Å²) < 4.78 is 12.5. The van der Waals surface area contributed by atoms with Crippen molar-refractivity contribution in [2.24, 2.45) is 34.5 Å². The van der Waals surface area contributed by atoms with Crippen LogP contribution in [-0.4, -0.2) is 58.9 Å². The van der Waals surface area contributed by atoms with Gasteiger partial charge in [-0.05, 0) is 36.6 Å². The number of esters is 2. The molecule has 3 N–H and O–H groups in total. The molecular formula is C31H39NO7. The van der Waals surface area contributed by atoms with Gasteiger partial charge in [-0.15, -0.1) is 0 Å². The molecule has 0 saturated heterocycles. The number of anilines is 1. The molecule has 4 aliphatic carbocycles. The third-order valence-electron chi connectivity index (χ3n) is 10.8. The van der Waals surface area contributed by atoms with Crippen molar-refractivity contribution in [3.05, 3.63) is 53.1 Å². The molecule has 1 aromatic rings. The third-order valence-corrected chi connectivity index (χ3v) is 10.8. The second kappa shape index (κ2) is 8.77. The summed E-state index contributed by atoms with van der Waals surface area (Å²) in [6.07, 6.45) is 3.06. The van der Waals surface area contributed by atoms with Gasteiger partial charge in [0, 0.05) is 54.2 Å². The van der Waals surface area contributed by atoms with E-state index in [1.54, 1.807) is 32.2 Å². The molecule has 8 heteroatoms. The molecule has 210 valence electrons. The van der Waals surface area contributed by atoms with Gasteiger partial charge in [0.2, 0.25) is 0 Å². The van der Waals surface area contributed by atoms with E-state index >= 15 is 0 Å². The lowest BCUT2D eigenvalue weighted by molar-refractivity contribution is -0.220. The Balaban J connectivity index is 1.72. The van der Waals surface area contributed by atoms with Crippen LogP contribution in [0.2, 0.25) is 0 Å². The third kappa shape index (κ3) is 3.27. The first kappa shape index (κ1) is 27.6. The van der Waals surface area contributed by atoms with Crippen LogP contribution in [0.5, 0.6) is 0 Å². The number of para-hydroxylation sites is 1. The van der Waals surface area contributed by atoms with Gasteiger partial charge in [0.25, 0.3) is 0 Å². The van der Waals surface area contributed by atoms with Crippen molar-refractivity contribution in [1.82, 2.24) is 0 Å². The van der Waals surface area contributed by atoms with E-state index in [1.165, 1.54) is 6.92 Å². The van der Waals surface area contributed by atoms with Crippen LogP contribution in [0.15, 0.2) is 47.6 Å². The molecule has 0 heterocycles.